The Balaban J connectivity index is 1.50. The lowest BCUT2D eigenvalue weighted by molar-refractivity contribution is -0.120. The topological polar surface area (TPSA) is 62.2 Å². The van der Waals surface area contributed by atoms with Crippen LogP contribution in [0.15, 0.2) is 42.6 Å². The summed E-state index contributed by atoms with van der Waals surface area (Å²) < 4.78 is 0. The Morgan fingerprint density at radius 2 is 2.00 bits per heavy atom. The quantitative estimate of drug-likeness (QED) is 0.815. The first-order chi connectivity index (χ1) is 12.2. The number of nitrogens with one attached hydrogen (secondary N) is 1. The normalized spacial score (nSPS) is 14.6. The first-order valence-corrected chi connectivity index (χ1v) is 9.12. The maximum Gasteiger partial charge on any atom is 0.224 e. The SMILES string of the molecule is O=C(Cc1ccc2c(c1)CCCC2)NCC(CO)Cc1ccccn1. The molecule has 132 valence electrons. The van der Waals surface area contributed by atoms with E-state index in [0.29, 0.717) is 19.4 Å². The standard InChI is InChI=1S/C21H26N2O2/c24-15-17(12-20-7-3-4-10-22-20)14-23-21(25)13-16-8-9-18-5-1-2-6-19(18)11-16/h3-4,7-11,17,24H,1-2,5-6,12-15H2,(H,23,25). The second-order valence-electron chi connectivity index (χ2n) is 6.86. The van der Waals surface area contributed by atoms with E-state index < -0.39 is 0 Å². The summed E-state index contributed by atoms with van der Waals surface area (Å²) in [5, 5.41) is 12.5. The summed E-state index contributed by atoms with van der Waals surface area (Å²) in [6.45, 7) is 0.506. The molecule has 1 aromatic heterocycles. The van der Waals surface area contributed by atoms with Crippen molar-refractivity contribution < 1.29 is 9.90 Å². The molecule has 1 atom stereocenters. The third-order valence-corrected chi connectivity index (χ3v) is 4.85. The Hall–Kier alpha value is -2.20. The minimum absolute atomic E-state index is 0.00947. The molecule has 1 aliphatic carbocycles. The molecular formula is C21H26N2O2. The molecule has 0 aliphatic heterocycles. The minimum Gasteiger partial charge on any atom is -0.396 e. The number of aromatic nitrogens is 1. The molecule has 25 heavy (non-hydrogen) atoms. The minimum atomic E-state index is -0.0117. The summed E-state index contributed by atoms with van der Waals surface area (Å²) in [7, 11) is 0. The lowest BCUT2D eigenvalue weighted by Gasteiger charge is -2.17. The van der Waals surface area contributed by atoms with Crippen LogP contribution in [0, 0.1) is 5.92 Å². The molecule has 3 rings (SSSR count). The molecule has 4 heteroatoms. The summed E-state index contributed by atoms with van der Waals surface area (Å²) in [5.41, 5.74) is 4.85. The lowest BCUT2D eigenvalue weighted by atomic mass is 9.90. The fourth-order valence-corrected chi connectivity index (χ4v) is 3.42. The van der Waals surface area contributed by atoms with Crippen LogP contribution in [0.5, 0.6) is 0 Å². The number of aliphatic hydroxyl groups excluding tert-OH is 1. The highest BCUT2D eigenvalue weighted by Gasteiger charge is 2.13. The van der Waals surface area contributed by atoms with Crippen LogP contribution in [0.1, 0.15) is 35.2 Å². The molecule has 1 unspecified atom stereocenters. The Morgan fingerprint density at radius 1 is 1.16 bits per heavy atom. The van der Waals surface area contributed by atoms with E-state index in [-0.39, 0.29) is 18.4 Å². The number of carbonyl (C=O) groups excluding carboxylic acids is 1. The van der Waals surface area contributed by atoms with Gasteiger partial charge in [0.1, 0.15) is 0 Å². The maximum absolute atomic E-state index is 12.2. The highest BCUT2D eigenvalue weighted by atomic mass is 16.3. The second-order valence-corrected chi connectivity index (χ2v) is 6.86. The van der Waals surface area contributed by atoms with Gasteiger partial charge in [-0.05, 0) is 60.9 Å². The zero-order valence-electron chi connectivity index (χ0n) is 14.6. The monoisotopic (exact) mass is 338 g/mol. The van der Waals surface area contributed by atoms with E-state index in [1.165, 1.54) is 24.0 Å². The molecule has 0 bridgehead atoms. The Bertz CT molecular complexity index is 700. The van der Waals surface area contributed by atoms with Gasteiger partial charge in [0.05, 0.1) is 6.42 Å². The van der Waals surface area contributed by atoms with Crippen molar-refractivity contribution in [2.75, 3.05) is 13.2 Å². The fourth-order valence-electron chi connectivity index (χ4n) is 3.42. The van der Waals surface area contributed by atoms with E-state index in [9.17, 15) is 9.90 Å². The molecule has 2 aromatic rings. The Morgan fingerprint density at radius 3 is 2.76 bits per heavy atom. The van der Waals surface area contributed by atoms with E-state index in [1.807, 2.05) is 18.2 Å². The van der Waals surface area contributed by atoms with E-state index >= 15 is 0 Å². The van der Waals surface area contributed by atoms with E-state index in [1.54, 1.807) is 6.20 Å². The number of benzene rings is 1. The van der Waals surface area contributed by atoms with Gasteiger partial charge in [-0.1, -0.05) is 24.3 Å². The number of carbonyl (C=O) groups is 1. The zero-order valence-corrected chi connectivity index (χ0v) is 14.6. The zero-order chi connectivity index (χ0) is 17.5. The van der Waals surface area contributed by atoms with Crippen molar-refractivity contribution in [2.24, 2.45) is 5.92 Å². The van der Waals surface area contributed by atoms with Crippen LogP contribution in [0.25, 0.3) is 0 Å². The molecule has 0 saturated carbocycles. The molecule has 1 aromatic carbocycles. The number of rotatable bonds is 7. The first kappa shape index (κ1) is 17.6. The molecule has 1 aliphatic rings. The number of aryl methyl sites for hydroxylation is 2. The highest BCUT2D eigenvalue weighted by Crippen LogP contribution is 2.22. The van der Waals surface area contributed by atoms with Gasteiger partial charge < -0.3 is 10.4 Å². The molecular weight excluding hydrogens is 312 g/mol. The van der Waals surface area contributed by atoms with Crippen LogP contribution in [0.4, 0.5) is 0 Å². The van der Waals surface area contributed by atoms with Crippen molar-refractivity contribution in [3.8, 4) is 0 Å². The molecule has 0 saturated heterocycles. The average molecular weight is 338 g/mol. The van der Waals surface area contributed by atoms with Gasteiger partial charge in [-0.2, -0.15) is 0 Å². The molecule has 2 N–H and O–H groups in total. The van der Waals surface area contributed by atoms with Gasteiger partial charge in [-0.15, -0.1) is 0 Å². The van der Waals surface area contributed by atoms with Crippen LogP contribution in [0.3, 0.4) is 0 Å². The molecule has 0 radical (unpaired) electrons. The number of nitrogens with zero attached hydrogens (tertiary/aromatic N) is 1. The lowest BCUT2D eigenvalue weighted by Crippen LogP contribution is -2.33. The van der Waals surface area contributed by atoms with Crippen LogP contribution in [-0.2, 0) is 30.5 Å². The van der Waals surface area contributed by atoms with E-state index in [4.69, 9.17) is 0 Å². The van der Waals surface area contributed by atoms with Crippen molar-refractivity contribution >= 4 is 5.91 Å². The number of fused-ring (bicyclic) bond motifs is 1. The third kappa shape index (κ3) is 5.13. The predicted octanol–water partition coefficient (Wildman–Crippen LogP) is 2.47. The predicted molar refractivity (Wildman–Crippen MR) is 98.3 cm³/mol. The van der Waals surface area contributed by atoms with Gasteiger partial charge >= 0.3 is 0 Å². The summed E-state index contributed by atoms with van der Waals surface area (Å²) in [4.78, 5) is 16.5. The molecule has 1 heterocycles. The molecule has 1 amide bonds. The number of hydrogen-bond donors (Lipinski definition) is 2. The van der Waals surface area contributed by atoms with Gasteiger partial charge in [0, 0.05) is 31.0 Å². The van der Waals surface area contributed by atoms with Crippen molar-refractivity contribution in [2.45, 2.75) is 38.5 Å². The van der Waals surface area contributed by atoms with Gasteiger partial charge in [0.2, 0.25) is 5.91 Å². The Kier molecular flexibility index (Phi) is 6.18. The number of amides is 1. The van der Waals surface area contributed by atoms with Crippen molar-refractivity contribution in [1.29, 1.82) is 0 Å². The maximum atomic E-state index is 12.2. The largest absolute Gasteiger partial charge is 0.396 e. The summed E-state index contributed by atoms with van der Waals surface area (Å²) in [5.74, 6) is -0.00221. The Labute approximate surface area is 149 Å². The molecule has 0 fully saturated rings. The molecule has 0 spiro atoms. The smallest absolute Gasteiger partial charge is 0.224 e. The number of pyridine rings is 1. The van der Waals surface area contributed by atoms with Crippen molar-refractivity contribution in [3.63, 3.8) is 0 Å². The number of hydrogen-bond acceptors (Lipinski definition) is 3. The van der Waals surface area contributed by atoms with Crippen LogP contribution < -0.4 is 5.32 Å². The summed E-state index contributed by atoms with van der Waals surface area (Å²) in [6, 6.07) is 12.2. The van der Waals surface area contributed by atoms with Gasteiger partial charge in [0.15, 0.2) is 0 Å². The van der Waals surface area contributed by atoms with Crippen LogP contribution in [0.2, 0.25) is 0 Å². The van der Waals surface area contributed by atoms with Crippen molar-refractivity contribution in [3.05, 3.63) is 65.0 Å². The third-order valence-electron chi connectivity index (χ3n) is 4.85. The van der Waals surface area contributed by atoms with Gasteiger partial charge in [0.25, 0.3) is 0 Å². The van der Waals surface area contributed by atoms with Gasteiger partial charge in [-0.3, -0.25) is 9.78 Å². The summed E-state index contributed by atoms with van der Waals surface area (Å²) >= 11 is 0. The van der Waals surface area contributed by atoms with Crippen LogP contribution in [-0.4, -0.2) is 29.1 Å². The second kappa shape index (κ2) is 8.77. The van der Waals surface area contributed by atoms with Crippen molar-refractivity contribution in [1.82, 2.24) is 10.3 Å². The highest BCUT2D eigenvalue weighted by molar-refractivity contribution is 5.78. The average Bonchev–Trinajstić information content (AvgIpc) is 2.66. The summed E-state index contributed by atoms with van der Waals surface area (Å²) in [6.07, 6.45) is 7.61. The number of aliphatic hydroxyl groups is 1. The first-order valence-electron chi connectivity index (χ1n) is 9.12. The van der Waals surface area contributed by atoms with Gasteiger partial charge in [-0.25, -0.2) is 0 Å². The van der Waals surface area contributed by atoms with E-state index in [0.717, 1.165) is 24.1 Å². The molecule has 4 nitrogen and oxygen atoms in total. The fraction of sp³-hybridized carbons (Fsp3) is 0.429. The van der Waals surface area contributed by atoms with Crippen LogP contribution >= 0.6 is 0 Å². The van der Waals surface area contributed by atoms with E-state index in [2.05, 4.69) is 28.5 Å².